The van der Waals surface area contributed by atoms with Crippen LogP contribution in [0.1, 0.15) is 24.0 Å². The van der Waals surface area contributed by atoms with Gasteiger partial charge in [-0.15, -0.1) is 11.6 Å². The fraction of sp³-hybridized carbons (Fsp3) is 0.500. The topological polar surface area (TPSA) is 20.2 Å². The minimum atomic E-state index is -4.28. The number of hydrogen-bond acceptors (Lipinski definition) is 1. The van der Waals surface area contributed by atoms with E-state index in [1.54, 1.807) is 0 Å². The fourth-order valence-corrected chi connectivity index (χ4v) is 1.63. The molecule has 0 radical (unpaired) electrons. The third kappa shape index (κ3) is 4.96. The molecule has 0 amide bonds. The fourth-order valence-electron chi connectivity index (χ4n) is 1.48. The molecule has 0 aliphatic heterocycles. The minimum Gasteiger partial charge on any atom is -0.392 e. The smallest absolute Gasteiger partial charge is 0.392 e. The van der Waals surface area contributed by atoms with Crippen molar-refractivity contribution in [3.8, 4) is 0 Å². The zero-order chi connectivity index (χ0) is 12.9. The number of benzene rings is 1. The molecule has 0 saturated carbocycles. The molecule has 0 bridgehead atoms. The van der Waals surface area contributed by atoms with E-state index in [1.165, 1.54) is 12.1 Å². The zero-order valence-electron chi connectivity index (χ0n) is 9.17. The van der Waals surface area contributed by atoms with Crippen molar-refractivity contribution < 1.29 is 18.3 Å². The van der Waals surface area contributed by atoms with Gasteiger partial charge in [-0.1, -0.05) is 12.1 Å². The van der Waals surface area contributed by atoms with Crippen LogP contribution in [0.3, 0.4) is 0 Å². The van der Waals surface area contributed by atoms with Gasteiger partial charge in [0.25, 0.3) is 0 Å². The van der Waals surface area contributed by atoms with Crippen LogP contribution in [0.15, 0.2) is 24.3 Å². The number of alkyl halides is 4. The normalized spacial score (nSPS) is 13.7. The van der Waals surface area contributed by atoms with Crippen LogP contribution in [0.4, 0.5) is 13.2 Å². The van der Waals surface area contributed by atoms with E-state index in [0.717, 1.165) is 17.7 Å². The van der Waals surface area contributed by atoms with E-state index >= 15 is 0 Å². The molecule has 5 heteroatoms. The van der Waals surface area contributed by atoms with Gasteiger partial charge in [-0.3, -0.25) is 0 Å². The third-order valence-corrected chi connectivity index (χ3v) is 2.82. The molecule has 17 heavy (non-hydrogen) atoms. The second-order valence-corrected chi connectivity index (χ2v) is 4.20. The van der Waals surface area contributed by atoms with Crippen molar-refractivity contribution in [2.45, 2.75) is 31.5 Å². The first-order chi connectivity index (χ1) is 7.93. The van der Waals surface area contributed by atoms with E-state index in [2.05, 4.69) is 0 Å². The van der Waals surface area contributed by atoms with Crippen molar-refractivity contribution in [2.24, 2.45) is 0 Å². The average molecular weight is 267 g/mol. The maximum absolute atomic E-state index is 12.3. The highest BCUT2D eigenvalue weighted by Gasteiger charge is 2.29. The molecule has 1 aromatic carbocycles. The Morgan fingerprint density at radius 1 is 1.18 bits per heavy atom. The molecule has 0 aromatic heterocycles. The summed E-state index contributed by atoms with van der Waals surface area (Å²) in [5.41, 5.74) is 0.196. The first kappa shape index (κ1) is 14.3. The number of hydrogen-bond donors (Lipinski definition) is 1. The van der Waals surface area contributed by atoms with Gasteiger partial charge in [-0.25, -0.2) is 0 Å². The van der Waals surface area contributed by atoms with Crippen LogP contribution in [-0.4, -0.2) is 17.1 Å². The van der Waals surface area contributed by atoms with Crippen LogP contribution >= 0.6 is 11.6 Å². The molecule has 1 N–H and O–H groups in total. The number of aliphatic hydroxyl groups excluding tert-OH is 1. The molecule has 0 spiro atoms. The van der Waals surface area contributed by atoms with Gasteiger partial charge < -0.3 is 5.11 Å². The van der Waals surface area contributed by atoms with E-state index < -0.39 is 17.8 Å². The van der Waals surface area contributed by atoms with Crippen LogP contribution < -0.4 is 0 Å². The molecule has 0 aliphatic carbocycles. The Balaban J connectivity index is 2.46. The van der Waals surface area contributed by atoms with E-state index in [0.29, 0.717) is 19.3 Å². The molecule has 0 aliphatic rings. The Kier molecular flexibility index (Phi) is 5.28. The lowest BCUT2D eigenvalue weighted by Crippen LogP contribution is -2.08. The molecule has 1 nitrogen and oxygen atoms in total. The van der Waals surface area contributed by atoms with E-state index in [4.69, 9.17) is 11.6 Å². The lowest BCUT2D eigenvalue weighted by molar-refractivity contribution is -0.137. The van der Waals surface area contributed by atoms with Gasteiger partial charge >= 0.3 is 6.18 Å². The standard InChI is InChI=1S/C12H14ClF3O/c13-8-11(17)3-1-2-9-4-6-10(7-5-9)12(14,15)16/h4-7,11,17H,1-3,8H2. The largest absolute Gasteiger partial charge is 0.416 e. The molecule has 1 rings (SSSR count). The van der Waals surface area contributed by atoms with Gasteiger partial charge in [0.2, 0.25) is 0 Å². The first-order valence-corrected chi connectivity index (χ1v) is 5.87. The highest BCUT2D eigenvalue weighted by atomic mass is 35.5. The maximum atomic E-state index is 12.3. The third-order valence-electron chi connectivity index (χ3n) is 2.46. The van der Waals surface area contributed by atoms with Crippen LogP contribution in [0.5, 0.6) is 0 Å². The Hall–Kier alpha value is -0.740. The number of aliphatic hydroxyl groups is 1. The summed E-state index contributed by atoms with van der Waals surface area (Å²) < 4.78 is 36.8. The summed E-state index contributed by atoms with van der Waals surface area (Å²) in [7, 11) is 0. The second kappa shape index (κ2) is 6.26. The Morgan fingerprint density at radius 2 is 1.76 bits per heavy atom. The summed E-state index contributed by atoms with van der Waals surface area (Å²) in [5, 5.41) is 9.21. The number of halogens is 4. The summed E-state index contributed by atoms with van der Waals surface area (Å²) in [4.78, 5) is 0. The summed E-state index contributed by atoms with van der Waals surface area (Å²) in [5.74, 6) is 0.188. The Morgan fingerprint density at radius 3 is 2.24 bits per heavy atom. The summed E-state index contributed by atoms with van der Waals surface area (Å²) in [6.07, 6.45) is -2.91. The molecule has 1 unspecified atom stereocenters. The van der Waals surface area contributed by atoms with Gasteiger partial charge in [0.05, 0.1) is 11.7 Å². The summed E-state index contributed by atoms with van der Waals surface area (Å²) >= 11 is 5.43. The van der Waals surface area contributed by atoms with Crippen molar-refractivity contribution in [1.29, 1.82) is 0 Å². The predicted molar refractivity (Wildman–Crippen MR) is 61.1 cm³/mol. The quantitative estimate of drug-likeness (QED) is 0.807. The molecule has 96 valence electrons. The summed E-state index contributed by atoms with van der Waals surface area (Å²) in [6, 6.07) is 5.09. The minimum absolute atomic E-state index is 0.188. The molecule has 1 aromatic rings. The molecule has 0 heterocycles. The first-order valence-electron chi connectivity index (χ1n) is 5.33. The maximum Gasteiger partial charge on any atom is 0.416 e. The van der Waals surface area contributed by atoms with Crippen molar-refractivity contribution >= 4 is 11.6 Å². The van der Waals surface area contributed by atoms with Gasteiger partial charge in [0.15, 0.2) is 0 Å². The van der Waals surface area contributed by atoms with Crippen LogP contribution in [-0.2, 0) is 12.6 Å². The monoisotopic (exact) mass is 266 g/mol. The zero-order valence-corrected chi connectivity index (χ0v) is 9.93. The lowest BCUT2D eigenvalue weighted by Gasteiger charge is -2.08. The van der Waals surface area contributed by atoms with Gasteiger partial charge in [-0.05, 0) is 37.0 Å². The Labute approximate surface area is 103 Å². The lowest BCUT2D eigenvalue weighted by atomic mass is 10.0. The summed E-state index contributed by atoms with van der Waals surface area (Å²) in [6.45, 7) is 0. The van der Waals surface area contributed by atoms with Crippen molar-refractivity contribution in [2.75, 3.05) is 5.88 Å². The van der Waals surface area contributed by atoms with Gasteiger partial charge in [0, 0.05) is 5.88 Å². The average Bonchev–Trinajstić information content (AvgIpc) is 2.28. The molecular weight excluding hydrogens is 253 g/mol. The van der Waals surface area contributed by atoms with Crippen molar-refractivity contribution in [1.82, 2.24) is 0 Å². The number of aryl methyl sites for hydroxylation is 1. The van der Waals surface area contributed by atoms with E-state index in [1.807, 2.05) is 0 Å². The highest BCUT2D eigenvalue weighted by Crippen LogP contribution is 2.29. The molecular formula is C12H14ClF3O. The van der Waals surface area contributed by atoms with Crippen LogP contribution in [0, 0.1) is 0 Å². The van der Waals surface area contributed by atoms with Gasteiger partial charge in [-0.2, -0.15) is 13.2 Å². The molecule has 0 saturated heterocycles. The molecule has 1 atom stereocenters. The predicted octanol–water partition coefficient (Wildman–Crippen LogP) is 3.63. The molecule has 0 fully saturated rings. The van der Waals surface area contributed by atoms with Crippen LogP contribution in [0.25, 0.3) is 0 Å². The highest BCUT2D eigenvalue weighted by molar-refractivity contribution is 6.18. The Bertz CT molecular complexity index is 335. The van der Waals surface area contributed by atoms with E-state index in [-0.39, 0.29) is 5.88 Å². The van der Waals surface area contributed by atoms with Crippen LogP contribution in [0.2, 0.25) is 0 Å². The van der Waals surface area contributed by atoms with Gasteiger partial charge in [0.1, 0.15) is 0 Å². The second-order valence-electron chi connectivity index (χ2n) is 3.90. The SMILES string of the molecule is OC(CCl)CCCc1ccc(C(F)(F)F)cc1. The van der Waals surface area contributed by atoms with Crippen molar-refractivity contribution in [3.63, 3.8) is 0 Å². The van der Waals surface area contributed by atoms with Crippen molar-refractivity contribution in [3.05, 3.63) is 35.4 Å². The number of rotatable bonds is 5. The van der Waals surface area contributed by atoms with E-state index in [9.17, 15) is 18.3 Å².